The van der Waals surface area contributed by atoms with Crippen molar-refractivity contribution in [3.8, 4) is 5.75 Å². The molecular formula is C14H18BrN3O3S. The van der Waals surface area contributed by atoms with Gasteiger partial charge in [0.1, 0.15) is 18.7 Å². The molecule has 22 heavy (non-hydrogen) atoms. The van der Waals surface area contributed by atoms with Crippen molar-refractivity contribution in [3.63, 3.8) is 0 Å². The molecule has 120 valence electrons. The summed E-state index contributed by atoms with van der Waals surface area (Å²) in [6.45, 7) is 1.13. The molecular weight excluding hydrogens is 370 g/mol. The molecule has 1 aromatic carbocycles. The molecule has 0 aliphatic heterocycles. The molecule has 0 saturated heterocycles. The number of hydrogen-bond donors (Lipinski definition) is 1. The number of nitrogens with zero attached hydrogens (tertiary/aromatic N) is 3. The van der Waals surface area contributed by atoms with E-state index in [-0.39, 0.29) is 6.61 Å². The van der Waals surface area contributed by atoms with Crippen LogP contribution < -0.4 is 4.74 Å². The van der Waals surface area contributed by atoms with Crippen molar-refractivity contribution in [1.82, 2.24) is 14.8 Å². The second kappa shape index (κ2) is 9.14. The molecule has 0 bridgehead atoms. The van der Waals surface area contributed by atoms with Crippen molar-refractivity contribution < 1.29 is 14.6 Å². The number of thioether (sulfide) groups is 1. The first-order chi connectivity index (χ1) is 10.7. The third-order valence-corrected chi connectivity index (χ3v) is 4.54. The van der Waals surface area contributed by atoms with Gasteiger partial charge in [-0.2, -0.15) is 0 Å². The van der Waals surface area contributed by atoms with Crippen LogP contribution in [-0.4, -0.2) is 51.5 Å². The summed E-state index contributed by atoms with van der Waals surface area (Å²) in [5.41, 5.74) is 0. The highest BCUT2D eigenvalue weighted by Crippen LogP contribution is 2.23. The molecule has 0 spiro atoms. The zero-order valence-electron chi connectivity index (χ0n) is 12.2. The van der Waals surface area contributed by atoms with E-state index in [1.807, 2.05) is 35.9 Å². The number of para-hydroxylation sites is 1. The van der Waals surface area contributed by atoms with Crippen LogP contribution in [0.5, 0.6) is 5.75 Å². The highest BCUT2D eigenvalue weighted by Gasteiger charge is 2.08. The van der Waals surface area contributed by atoms with Crippen molar-refractivity contribution in [2.45, 2.75) is 11.3 Å². The van der Waals surface area contributed by atoms with Gasteiger partial charge in [0.15, 0.2) is 5.16 Å². The molecule has 8 heteroatoms. The van der Waals surface area contributed by atoms with Gasteiger partial charge >= 0.3 is 0 Å². The second-order valence-electron chi connectivity index (χ2n) is 4.54. The molecule has 0 amide bonds. The Hall–Kier alpha value is -1.09. The van der Waals surface area contributed by atoms with Gasteiger partial charge in [-0.15, -0.1) is 10.2 Å². The number of ether oxygens (including phenoxy) is 2. The van der Waals surface area contributed by atoms with E-state index in [9.17, 15) is 5.11 Å². The normalized spacial score (nSPS) is 12.3. The molecule has 1 atom stereocenters. The van der Waals surface area contributed by atoms with E-state index in [0.29, 0.717) is 19.0 Å². The quantitative estimate of drug-likeness (QED) is 0.524. The Morgan fingerprint density at radius 3 is 2.91 bits per heavy atom. The van der Waals surface area contributed by atoms with Crippen LogP contribution in [0.3, 0.4) is 0 Å². The predicted octanol–water partition coefficient (Wildman–Crippen LogP) is 2.13. The van der Waals surface area contributed by atoms with Crippen LogP contribution in [0.2, 0.25) is 0 Å². The molecule has 1 N–H and O–H groups in total. The summed E-state index contributed by atoms with van der Waals surface area (Å²) in [5.74, 6) is 1.29. The van der Waals surface area contributed by atoms with Gasteiger partial charge in [-0.1, -0.05) is 23.9 Å². The second-order valence-corrected chi connectivity index (χ2v) is 6.38. The minimum atomic E-state index is -0.551. The number of aliphatic hydroxyl groups excluding tert-OH is 1. The Balaban J connectivity index is 1.56. The number of benzene rings is 1. The molecule has 1 unspecified atom stereocenters. The van der Waals surface area contributed by atoms with E-state index in [0.717, 1.165) is 15.4 Å². The van der Waals surface area contributed by atoms with Crippen LogP contribution in [0.1, 0.15) is 0 Å². The van der Waals surface area contributed by atoms with Gasteiger partial charge < -0.3 is 19.1 Å². The minimum absolute atomic E-state index is 0.268. The van der Waals surface area contributed by atoms with E-state index in [1.165, 1.54) is 11.8 Å². The van der Waals surface area contributed by atoms with Gasteiger partial charge in [-0.25, -0.2) is 0 Å². The van der Waals surface area contributed by atoms with Crippen LogP contribution in [0.25, 0.3) is 0 Å². The summed E-state index contributed by atoms with van der Waals surface area (Å²) in [6.07, 6.45) is 1.08. The van der Waals surface area contributed by atoms with Crippen LogP contribution in [-0.2, 0) is 11.8 Å². The van der Waals surface area contributed by atoms with Gasteiger partial charge in [-0.05, 0) is 28.1 Å². The smallest absolute Gasteiger partial charge is 0.190 e. The third-order valence-electron chi connectivity index (χ3n) is 2.71. The van der Waals surface area contributed by atoms with E-state index >= 15 is 0 Å². The molecule has 2 aromatic rings. The fraction of sp³-hybridized carbons (Fsp3) is 0.429. The zero-order valence-corrected chi connectivity index (χ0v) is 14.6. The fourth-order valence-electron chi connectivity index (χ4n) is 1.61. The van der Waals surface area contributed by atoms with Crippen LogP contribution in [0, 0.1) is 0 Å². The van der Waals surface area contributed by atoms with Gasteiger partial charge in [0.25, 0.3) is 0 Å². The average Bonchev–Trinajstić information content (AvgIpc) is 2.92. The van der Waals surface area contributed by atoms with Gasteiger partial charge in [0, 0.05) is 12.8 Å². The van der Waals surface area contributed by atoms with Gasteiger partial charge in [0.05, 0.1) is 23.8 Å². The maximum atomic E-state index is 9.85. The topological polar surface area (TPSA) is 69.4 Å². The van der Waals surface area contributed by atoms with Crippen molar-refractivity contribution in [1.29, 1.82) is 0 Å². The molecule has 0 saturated carbocycles. The first-order valence-corrected chi connectivity index (χ1v) is 8.54. The predicted molar refractivity (Wildman–Crippen MR) is 88.2 cm³/mol. The molecule has 0 radical (unpaired) electrons. The van der Waals surface area contributed by atoms with Crippen LogP contribution in [0.4, 0.5) is 0 Å². The lowest BCUT2D eigenvalue weighted by Crippen LogP contribution is -2.20. The monoisotopic (exact) mass is 387 g/mol. The molecule has 1 aromatic heterocycles. The fourth-order valence-corrected chi connectivity index (χ4v) is 2.81. The highest BCUT2D eigenvalue weighted by molar-refractivity contribution is 9.10. The molecule has 0 fully saturated rings. The van der Waals surface area contributed by atoms with Crippen molar-refractivity contribution >= 4 is 27.7 Å². The van der Waals surface area contributed by atoms with E-state index in [4.69, 9.17) is 9.47 Å². The summed E-state index contributed by atoms with van der Waals surface area (Å²) in [6, 6.07) is 7.65. The third kappa shape index (κ3) is 5.60. The van der Waals surface area contributed by atoms with E-state index in [2.05, 4.69) is 26.1 Å². The van der Waals surface area contributed by atoms with Gasteiger partial charge in [-0.3, -0.25) is 0 Å². The maximum Gasteiger partial charge on any atom is 0.190 e. The summed E-state index contributed by atoms with van der Waals surface area (Å²) in [4.78, 5) is 0. The summed E-state index contributed by atoms with van der Waals surface area (Å²) in [5, 5.41) is 18.3. The number of aryl methyl sites for hydroxylation is 1. The summed E-state index contributed by atoms with van der Waals surface area (Å²) < 4.78 is 13.7. The molecule has 0 aliphatic carbocycles. The first kappa shape index (κ1) is 17.3. The lowest BCUT2D eigenvalue weighted by Gasteiger charge is -2.11. The minimum Gasteiger partial charge on any atom is -0.490 e. The van der Waals surface area contributed by atoms with Crippen LogP contribution in [0.15, 0.2) is 40.2 Å². The van der Waals surface area contributed by atoms with Gasteiger partial charge in [0.2, 0.25) is 0 Å². The van der Waals surface area contributed by atoms with Crippen molar-refractivity contribution in [2.24, 2.45) is 7.05 Å². The number of halogens is 1. The lowest BCUT2D eigenvalue weighted by molar-refractivity contribution is 0.0347. The Bertz CT molecular complexity index is 582. The van der Waals surface area contributed by atoms with Crippen LogP contribution >= 0.6 is 27.7 Å². The Kier molecular flexibility index (Phi) is 7.17. The largest absolute Gasteiger partial charge is 0.490 e. The van der Waals surface area contributed by atoms with E-state index < -0.39 is 6.10 Å². The molecule has 1 heterocycles. The standard InChI is InChI=1S/C14H18BrN3O3S/c1-18-10-16-17-14(18)22-9-11(19)8-20-6-7-21-13-5-3-2-4-12(13)15/h2-5,10-11,19H,6-9H2,1H3. The van der Waals surface area contributed by atoms with Crippen molar-refractivity contribution in [2.75, 3.05) is 25.6 Å². The zero-order chi connectivity index (χ0) is 15.8. The molecule has 6 nitrogen and oxygen atoms in total. The highest BCUT2D eigenvalue weighted by atomic mass is 79.9. The first-order valence-electron chi connectivity index (χ1n) is 6.76. The lowest BCUT2D eigenvalue weighted by atomic mass is 10.3. The van der Waals surface area contributed by atoms with E-state index in [1.54, 1.807) is 6.33 Å². The van der Waals surface area contributed by atoms with Crippen molar-refractivity contribution in [3.05, 3.63) is 35.1 Å². The number of aliphatic hydroxyl groups is 1. The average molecular weight is 388 g/mol. The summed E-state index contributed by atoms with van der Waals surface area (Å²) in [7, 11) is 1.87. The maximum absolute atomic E-state index is 9.85. The Morgan fingerprint density at radius 2 is 2.18 bits per heavy atom. The SMILES string of the molecule is Cn1cnnc1SCC(O)COCCOc1ccccc1Br. The molecule has 2 rings (SSSR count). The number of rotatable bonds is 9. The summed E-state index contributed by atoms with van der Waals surface area (Å²) >= 11 is 4.86. The Labute approximate surface area is 142 Å². The number of aromatic nitrogens is 3. The Morgan fingerprint density at radius 1 is 1.36 bits per heavy atom. The number of hydrogen-bond acceptors (Lipinski definition) is 6. The molecule has 0 aliphatic rings.